The van der Waals surface area contributed by atoms with E-state index in [0.717, 1.165) is 24.5 Å². The molecule has 0 bridgehead atoms. The Hall–Kier alpha value is -1.58. The number of amides is 1. The van der Waals surface area contributed by atoms with Gasteiger partial charge in [-0.25, -0.2) is 0 Å². The first kappa shape index (κ1) is 16.5. The summed E-state index contributed by atoms with van der Waals surface area (Å²) in [6, 6.07) is 1.91. The first-order valence-corrected chi connectivity index (χ1v) is 7.28. The fourth-order valence-corrected chi connectivity index (χ4v) is 2.23. The molecule has 0 radical (unpaired) electrons. The third-order valence-corrected chi connectivity index (χ3v) is 3.00. The summed E-state index contributed by atoms with van der Waals surface area (Å²) in [5.74, 6) is 0.965. The van der Waals surface area contributed by atoms with Crippen molar-refractivity contribution in [3.05, 3.63) is 23.5 Å². The van der Waals surface area contributed by atoms with Crippen LogP contribution < -0.4 is 5.32 Å². The Morgan fingerprint density at radius 1 is 1.25 bits per heavy atom. The summed E-state index contributed by atoms with van der Waals surface area (Å²) in [6.07, 6.45) is 1.68. The van der Waals surface area contributed by atoms with E-state index < -0.39 is 0 Å². The summed E-state index contributed by atoms with van der Waals surface area (Å²) in [5, 5.41) is 3.09. The monoisotopic (exact) mass is 277 g/mol. The molecular weight excluding hydrogens is 250 g/mol. The lowest BCUT2D eigenvalue weighted by Crippen LogP contribution is -2.37. The number of carbonyl (C=O) groups is 1. The number of nitrogens with zero attached hydrogens (tertiary/aromatic N) is 2. The minimum atomic E-state index is 0.0595. The molecule has 4 nitrogen and oxygen atoms in total. The van der Waals surface area contributed by atoms with E-state index in [4.69, 9.17) is 0 Å². The molecule has 0 fully saturated rings. The Bertz CT molecular complexity index is 445. The molecule has 1 aromatic rings. The number of carbonyl (C=O) groups excluding carboxylic acids is 1. The van der Waals surface area contributed by atoms with Crippen LogP contribution in [-0.4, -0.2) is 35.9 Å². The third kappa shape index (κ3) is 4.51. The Morgan fingerprint density at radius 2 is 1.80 bits per heavy atom. The van der Waals surface area contributed by atoms with Crippen LogP contribution in [0, 0.1) is 18.8 Å². The van der Waals surface area contributed by atoms with Gasteiger partial charge in [0.2, 0.25) is 0 Å². The van der Waals surface area contributed by atoms with Gasteiger partial charge in [-0.3, -0.25) is 9.78 Å². The standard InChI is InChI=1S/C16H27N3O/c1-11(2)9-19(10-12(3)4)16(20)14-8-18-13(5)7-15(14)17-6/h7-8,11-12H,9-10H2,1-6H3,(H,17,18). The van der Waals surface area contributed by atoms with Crippen LogP contribution >= 0.6 is 0 Å². The molecular formula is C16H27N3O. The second kappa shape index (κ2) is 7.27. The van der Waals surface area contributed by atoms with Crippen LogP contribution in [0.5, 0.6) is 0 Å². The van der Waals surface area contributed by atoms with E-state index in [2.05, 4.69) is 38.0 Å². The molecule has 0 aliphatic rings. The van der Waals surface area contributed by atoms with Gasteiger partial charge >= 0.3 is 0 Å². The van der Waals surface area contributed by atoms with E-state index in [-0.39, 0.29) is 5.91 Å². The van der Waals surface area contributed by atoms with Crippen LogP contribution in [0.25, 0.3) is 0 Å². The van der Waals surface area contributed by atoms with E-state index in [0.29, 0.717) is 17.4 Å². The predicted octanol–water partition coefficient (Wildman–Crippen LogP) is 3.19. The first-order valence-electron chi connectivity index (χ1n) is 7.28. The number of anilines is 1. The van der Waals surface area contributed by atoms with Gasteiger partial charge in [0.05, 0.1) is 11.3 Å². The number of aryl methyl sites for hydroxylation is 1. The molecule has 1 amide bonds. The number of nitrogens with one attached hydrogen (secondary N) is 1. The van der Waals surface area contributed by atoms with E-state index in [1.165, 1.54) is 0 Å². The Balaban J connectivity index is 3.04. The largest absolute Gasteiger partial charge is 0.387 e. The highest BCUT2D eigenvalue weighted by Gasteiger charge is 2.20. The van der Waals surface area contributed by atoms with Crippen molar-refractivity contribution in [1.29, 1.82) is 0 Å². The maximum absolute atomic E-state index is 12.8. The zero-order valence-corrected chi connectivity index (χ0v) is 13.5. The van der Waals surface area contributed by atoms with Gasteiger partial charge in [-0.15, -0.1) is 0 Å². The van der Waals surface area contributed by atoms with Crippen LogP contribution in [0.2, 0.25) is 0 Å². The molecule has 1 N–H and O–H groups in total. The second-order valence-corrected chi connectivity index (χ2v) is 6.12. The van der Waals surface area contributed by atoms with Gasteiger partial charge in [-0.05, 0) is 24.8 Å². The predicted molar refractivity (Wildman–Crippen MR) is 84.1 cm³/mol. The van der Waals surface area contributed by atoms with Crippen LogP contribution in [0.4, 0.5) is 5.69 Å². The number of pyridine rings is 1. The van der Waals surface area contributed by atoms with Crippen LogP contribution in [0.3, 0.4) is 0 Å². The average Bonchev–Trinajstić information content (AvgIpc) is 2.35. The molecule has 0 unspecified atom stereocenters. The zero-order chi connectivity index (χ0) is 15.3. The minimum Gasteiger partial charge on any atom is -0.387 e. The SMILES string of the molecule is CNc1cc(C)ncc1C(=O)N(CC(C)C)CC(C)C. The molecule has 0 spiro atoms. The van der Waals surface area contributed by atoms with E-state index >= 15 is 0 Å². The molecule has 0 aromatic carbocycles. The maximum Gasteiger partial charge on any atom is 0.257 e. The number of hydrogen-bond donors (Lipinski definition) is 1. The van der Waals surface area contributed by atoms with Crippen molar-refractivity contribution in [1.82, 2.24) is 9.88 Å². The van der Waals surface area contributed by atoms with E-state index in [1.807, 2.05) is 24.9 Å². The lowest BCUT2D eigenvalue weighted by Gasteiger charge is -2.27. The Morgan fingerprint density at radius 3 is 2.25 bits per heavy atom. The molecule has 1 aromatic heterocycles. The molecule has 1 rings (SSSR count). The molecule has 0 atom stereocenters. The zero-order valence-electron chi connectivity index (χ0n) is 13.5. The second-order valence-electron chi connectivity index (χ2n) is 6.12. The Kier molecular flexibility index (Phi) is 5.99. The van der Waals surface area contributed by atoms with Gasteiger partial charge in [0.1, 0.15) is 0 Å². The molecule has 112 valence electrons. The van der Waals surface area contributed by atoms with Crippen molar-refractivity contribution < 1.29 is 4.79 Å². The molecule has 20 heavy (non-hydrogen) atoms. The lowest BCUT2D eigenvalue weighted by molar-refractivity contribution is 0.0715. The van der Waals surface area contributed by atoms with Crippen molar-refractivity contribution in [3.63, 3.8) is 0 Å². The maximum atomic E-state index is 12.8. The van der Waals surface area contributed by atoms with Gasteiger partial charge in [-0.1, -0.05) is 27.7 Å². The van der Waals surface area contributed by atoms with Crippen LogP contribution in [-0.2, 0) is 0 Å². The van der Waals surface area contributed by atoms with Gasteiger partial charge in [0.25, 0.3) is 5.91 Å². The Labute approximate surface area is 122 Å². The van der Waals surface area contributed by atoms with Crippen LogP contribution in [0.1, 0.15) is 43.7 Å². The number of hydrogen-bond acceptors (Lipinski definition) is 3. The number of aromatic nitrogens is 1. The summed E-state index contributed by atoms with van der Waals surface area (Å²) < 4.78 is 0. The van der Waals surface area contributed by atoms with Crippen molar-refractivity contribution in [3.8, 4) is 0 Å². The van der Waals surface area contributed by atoms with Crippen molar-refractivity contribution in [2.75, 3.05) is 25.5 Å². The lowest BCUT2D eigenvalue weighted by atomic mass is 10.1. The summed E-state index contributed by atoms with van der Waals surface area (Å²) in [4.78, 5) is 18.9. The van der Waals surface area contributed by atoms with E-state index in [9.17, 15) is 4.79 Å². The number of rotatable bonds is 6. The molecule has 4 heteroatoms. The van der Waals surface area contributed by atoms with Gasteiger partial charge in [-0.2, -0.15) is 0 Å². The highest BCUT2D eigenvalue weighted by molar-refractivity contribution is 5.99. The highest BCUT2D eigenvalue weighted by Crippen LogP contribution is 2.18. The van der Waals surface area contributed by atoms with Gasteiger partial charge < -0.3 is 10.2 Å². The average molecular weight is 277 g/mol. The molecule has 0 saturated heterocycles. The van der Waals surface area contributed by atoms with Gasteiger partial charge in [0.15, 0.2) is 0 Å². The smallest absolute Gasteiger partial charge is 0.257 e. The molecule has 1 heterocycles. The summed E-state index contributed by atoms with van der Waals surface area (Å²) in [5.41, 5.74) is 2.41. The quantitative estimate of drug-likeness (QED) is 0.868. The topological polar surface area (TPSA) is 45.2 Å². The normalized spacial score (nSPS) is 11.0. The third-order valence-electron chi connectivity index (χ3n) is 3.00. The van der Waals surface area contributed by atoms with Crippen LogP contribution in [0.15, 0.2) is 12.3 Å². The molecule has 0 saturated carbocycles. The van der Waals surface area contributed by atoms with Crippen molar-refractivity contribution >= 4 is 11.6 Å². The fourth-order valence-electron chi connectivity index (χ4n) is 2.23. The van der Waals surface area contributed by atoms with Crippen molar-refractivity contribution in [2.45, 2.75) is 34.6 Å². The molecule has 0 aliphatic heterocycles. The summed E-state index contributed by atoms with van der Waals surface area (Å²) in [7, 11) is 1.83. The van der Waals surface area contributed by atoms with Crippen molar-refractivity contribution in [2.24, 2.45) is 11.8 Å². The molecule has 0 aliphatic carbocycles. The fraction of sp³-hybridized carbons (Fsp3) is 0.625. The summed E-state index contributed by atoms with van der Waals surface area (Å²) >= 11 is 0. The highest BCUT2D eigenvalue weighted by atomic mass is 16.2. The minimum absolute atomic E-state index is 0.0595. The van der Waals surface area contributed by atoms with Gasteiger partial charge in [0, 0.05) is 32.0 Å². The summed E-state index contributed by atoms with van der Waals surface area (Å²) in [6.45, 7) is 12.0. The first-order chi connectivity index (χ1) is 9.35. The van der Waals surface area contributed by atoms with E-state index in [1.54, 1.807) is 6.20 Å².